The summed E-state index contributed by atoms with van der Waals surface area (Å²) < 4.78 is 19.9. The summed E-state index contributed by atoms with van der Waals surface area (Å²) in [5, 5.41) is 0. The van der Waals surface area contributed by atoms with Crippen LogP contribution < -0.4 is 3.96 Å². The molecule has 0 radical (unpaired) electrons. The van der Waals surface area contributed by atoms with E-state index in [0.717, 1.165) is 23.2 Å². The highest BCUT2D eigenvalue weighted by Crippen LogP contribution is 2.44. The van der Waals surface area contributed by atoms with Crippen molar-refractivity contribution < 1.29 is 8.35 Å². The lowest BCUT2D eigenvalue weighted by Crippen LogP contribution is -2.31. The van der Waals surface area contributed by atoms with Crippen molar-refractivity contribution in [3.63, 3.8) is 0 Å². The van der Waals surface area contributed by atoms with E-state index in [2.05, 4.69) is 112 Å². The van der Waals surface area contributed by atoms with Gasteiger partial charge < -0.3 is 0 Å². The van der Waals surface area contributed by atoms with E-state index in [1.165, 1.54) is 61.4 Å². The predicted molar refractivity (Wildman–Crippen MR) is 184 cm³/mol. The first-order valence-corrected chi connectivity index (χ1v) is 15.8. The van der Waals surface area contributed by atoms with E-state index < -0.39 is 0 Å². The molecule has 4 aromatic rings. The molecule has 2 nitrogen and oxygen atoms in total. The van der Waals surface area contributed by atoms with Gasteiger partial charge in [0.2, 0.25) is 11.7 Å². The molecule has 0 N–H and O–H groups in total. The lowest BCUT2D eigenvalue weighted by molar-refractivity contribution is -0.527. The Kier molecular flexibility index (Phi) is 9.72. The number of fused-ring (bicyclic) bond motifs is 2. The van der Waals surface area contributed by atoms with Crippen LogP contribution in [0.5, 0.6) is 0 Å². The summed E-state index contributed by atoms with van der Waals surface area (Å²) in [5.74, 6) is -0.182. The van der Waals surface area contributed by atoms with Gasteiger partial charge in [0.1, 0.15) is 17.2 Å². The Morgan fingerprint density at radius 1 is 0.744 bits per heavy atom. The van der Waals surface area contributed by atoms with Crippen molar-refractivity contribution in [1.82, 2.24) is 3.79 Å². The molecule has 6 rings (SSSR count). The van der Waals surface area contributed by atoms with Crippen LogP contribution in [0.2, 0.25) is 0 Å². The monoisotopic (exact) mass is 591 g/mol. The van der Waals surface area contributed by atoms with Crippen molar-refractivity contribution >= 4 is 17.2 Å². The zero-order chi connectivity index (χ0) is 31.6. The minimum Gasteiger partial charge on any atom is -0.206 e. The molecule has 0 saturated carbocycles. The van der Waals surface area contributed by atoms with Crippen LogP contribution in [0.4, 0.5) is 4.39 Å². The highest BCUT2D eigenvalue weighted by molar-refractivity contribution is 6.96. The number of halogens is 1. The molecule has 0 saturated heterocycles. The molecule has 43 heavy (non-hydrogen) atoms. The third kappa shape index (κ3) is 5.45. The number of hydrogen-bond acceptors (Lipinski definition) is 1. The van der Waals surface area contributed by atoms with Crippen molar-refractivity contribution in [2.75, 3.05) is 0 Å². The molecule has 3 aromatic carbocycles. The summed E-state index contributed by atoms with van der Waals surface area (Å²) in [6, 6.07) is 22.4. The van der Waals surface area contributed by atoms with Crippen molar-refractivity contribution in [2.45, 2.75) is 68.7 Å². The van der Waals surface area contributed by atoms with Crippen molar-refractivity contribution in [2.24, 2.45) is 0 Å². The van der Waals surface area contributed by atoms with Crippen molar-refractivity contribution in [3.8, 4) is 27.9 Å². The molecule has 0 aliphatic carbocycles. The van der Waals surface area contributed by atoms with Crippen LogP contribution in [0.25, 0.3) is 33.5 Å². The van der Waals surface area contributed by atoms with E-state index in [0.29, 0.717) is 5.56 Å². The Balaban J connectivity index is 0.00000102. The van der Waals surface area contributed by atoms with E-state index in [1.54, 1.807) is 23.9 Å². The molecule has 1 aromatic heterocycles. The highest BCUT2D eigenvalue weighted by atomic mass is 32.1. The molecule has 2 aliphatic heterocycles. The van der Waals surface area contributed by atoms with Crippen LogP contribution >= 0.6 is 11.7 Å². The Bertz CT molecular complexity index is 1850. The van der Waals surface area contributed by atoms with Gasteiger partial charge in [-0.25, -0.2) is 4.39 Å². The third-order valence-electron chi connectivity index (χ3n) is 8.28. The van der Waals surface area contributed by atoms with Gasteiger partial charge in [-0.1, -0.05) is 80.1 Å². The van der Waals surface area contributed by atoms with E-state index in [-0.39, 0.29) is 5.82 Å². The maximum atomic E-state index is 15.2. The second kappa shape index (κ2) is 13.1. The van der Waals surface area contributed by atoms with Gasteiger partial charge in [-0.2, -0.15) is 0 Å². The zero-order valence-corrected chi connectivity index (χ0v) is 28.0. The summed E-state index contributed by atoms with van der Waals surface area (Å²) >= 11 is 1.72. The Hall–Kier alpha value is -4.02. The summed E-state index contributed by atoms with van der Waals surface area (Å²) in [6.07, 6.45) is 0.894. The van der Waals surface area contributed by atoms with Gasteiger partial charge >= 0.3 is 0 Å². The molecule has 4 heteroatoms. The van der Waals surface area contributed by atoms with Crippen LogP contribution in [0.15, 0.2) is 79.9 Å². The predicted octanol–water partition coefficient (Wildman–Crippen LogP) is 10.8. The Morgan fingerprint density at radius 2 is 1.33 bits per heavy atom. The van der Waals surface area contributed by atoms with E-state index in [4.69, 9.17) is 0 Å². The van der Waals surface area contributed by atoms with Gasteiger partial charge in [0, 0.05) is 34.2 Å². The number of aryl methyl sites for hydroxylation is 5. The molecular weight excluding hydrogens is 548 g/mol. The first-order chi connectivity index (χ1) is 20.7. The Labute approximate surface area is 261 Å². The molecule has 0 amide bonds. The third-order valence-corrected chi connectivity index (χ3v) is 9.52. The maximum absolute atomic E-state index is 15.2. The maximum Gasteiger partial charge on any atom is 0.241 e. The van der Waals surface area contributed by atoms with Gasteiger partial charge in [-0.3, -0.25) is 0 Å². The second-order valence-electron chi connectivity index (χ2n) is 10.9. The number of benzene rings is 3. The van der Waals surface area contributed by atoms with E-state index in [1.807, 2.05) is 26.0 Å². The average molecular weight is 592 g/mol. The average Bonchev–Trinajstić information content (AvgIpc) is 3.39. The summed E-state index contributed by atoms with van der Waals surface area (Å²) in [6.45, 7) is 25.4. The molecule has 0 atom stereocenters. The van der Waals surface area contributed by atoms with E-state index in [9.17, 15) is 0 Å². The smallest absolute Gasteiger partial charge is 0.206 e. The fourth-order valence-electron chi connectivity index (χ4n) is 6.58. The summed E-state index contributed by atoms with van der Waals surface area (Å²) in [5.41, 5.74) is 17.8. The molecule has 0 spiro atoms. The van der Waals surface area contributed by atoms with E-state index >= 15 is 4.39 Å². The summed E-state index contributed by atoms with van der Waals surface area (Å²) in [7, 11) is 0. The lowest BCUT2D eigenvalue weighted by atomic mass is 9.90. The summed E-state index contributed by atoms with van der Waals surface area (Å²) in [4.78, 5) is 0. The minimum absolute atomic E-state index is 0.182. The van der Waals surface area contributed by atoms with Crippen molar-refractivity contribution in [1.29, 1.82) is 0 Å². The number of hydrogen-bond donors (Lipinski definition) is 0. The van der Waals surface area contributed by atoms with Crippen LogP contribution in [0.1, 0.15) is 64.2 Å². The van der Waals surface area contributed by atoms with Gasteiger partial charge in [0.15, 0.2) is 11.2 Å². The minimum atomic E-state index is -0.182. The van der Waals surface area contributed by atoms with Crippen molar-refractivity contribution in [3.05, 3.63) is 136 Å². The van der Waals surface area contributed by atoms with Crippen LogP contribution in [-0.2, 0) is 6.42 Å². The number of nitrogens with zero attached hydrogens (tertiary/aromatic N) is 2. The first kappa shape index (κ1) is 31.9. The lowest BCUT2D eigenvalue weighted by Gasteiger charge is -2.15. The normalized spacial score (nSPS) is 10.8. The molecule has 3 heterocycles. The number of aromatic nitrogens is 2. The van der Waals surface area contributed by atoms with Gasteiger partial charge in [0.05, 0.1) is 5.56 Å². The van der Waals surface area contributed by atoms with Crippen LogP contribution in [-0.4, -0.2) is 3.79 Å². The molecule has 2 aliphatic rings. The fraction of sp³-hybridized carbons (Fsp3) is 0.256. The largest absolute Gasteiger partial charge is 0.241 e. The number of rotatable bonds is 4. The molecular formula is C39H44FN2S+. The molecule has 0 fully saturated rings. The zero-order valence-electron chi connectivity index (χ0n) is 27.2. The van der Waals surface area contributed by atoms with Gasteiger partial charge in [0.25, 0.3) is 0 Å². The molecule has 0 unspecified atom stereocenters. The molecule has 222 valence electrons. The van der Waals surface area contributed by atoms with Gasteiger partial charge in [-0.05, 0) is 76.8 Å². The molecule has 0 bridgehead atoms. The highest BCUT2D eigenvalue weighted by Gasteiger charge is 2.35. The van der Waals surface area contributed by atoms with Crippen LogP contribution in [0, 0.1) is 54.3 Å². The Morgan fingerprint density at radius 3 is 1.93 bits per heavy atom. The first-order valence-electron chi connectivity index (χ1n) is 15.0. The van der Waals surface area contributed by atoms with Gasteiger partial charge in [-0.15, -0.1) is 20.9 Å². The second-order valence-corrected chi connectivity index (χ2v) is 11.8. The fourth-order valence-corrected chi connectivity index (χ4v) is 7.81. The van der Waals surface area contributed by atoms with Crippen LogP contribution in [0.3, 0.4) is 0 Å². The SMILES string of the molecule is C=C.CC.Cc1cc(C)c(-c2c3c(C)c(Cc4ccccc4)c(C)[n+]-3sn3c(C)c(-c4ccccc4F)c(C)c23)c(C)c1. The topological polar surface area (TPSA) is 8.29 Å². The standard InChI is InChI=1S/C35H34FN2S.C2H6.C2H4/c1-20-17-21(2)31(22(3)18-20)33-34-23(4)29(19-27-13-9-8-10-14-27)25(6)37(34)39-38-26(7)32(24(5)35(33)38)28-15-11-12-16-30(28)36;2*1-2/h8-18H,19H2,1-7H3;1-2H3;1-2H2/q+1;;. The quantitative estimate of drug-likeness (QED) is 0.142.